The van der Waals surface area contributed by atoms with Crippen LogP contribution in [0.25, 0.3) is 0 Å². The molecule has 0 amide bonds. The predicted octanol–water partition coefficient (Wildman–Crippen LogP) is 2.70. The van der Waals surface area contributed by atoms with Crippen LogP contribution in [0.1, 0.15) is 5.56 Å². The SMILES string of the molecule is O=S(=O)(Nc1ccc(N2CCc3ccccc32)nn1)c1ccc2c(c1)OCO2. The number of sulfonamides is 1. The number of fused-ring (bicyclic) bond motifs is 2. The van der Waals surface area contributed by atoms with Crippen LogP contribution >= 0.6 is 0 Å². The van der Waals surface area contributed by atoms with E-state index in [1.807, 2.05) is 18.2 Å². The number of rotatable bonds is 4. The van der Waals surface area contributed by atoms with E-state index in [0.717, 1.165) is 18.7 Å². The van der Waals surface area contributed by atoms with Crippen LogP contribution < -0.4 is 19.1 Å². The van der Waals surface area contributed by atoms with Crippen molar-refractivity contribution in [2.45, 2.75) is 11.3 Å². The molecule has 3 heterocycles. The highest BCUT2D eigenvalue weighted by Crippen LogP contribution is 2.35. The molecule has 9 heteroatoms. The third kappa shape index (κ3) is 2.89. The Labute approximate surface area is 161 Å². The first kappa shape index (κ1) is 16.8. The van der Waals surface area contributed by atoms with E-state index in [4.69, 9.17) is 9.47 Å². The minimum absolute atomic E-state index is 0.0658. The summed E-state index contributed by atoms with van der Waals surface area (Å²) < 4.78 is 38.1. The summed E-state index contributed by atoms with van der Waals surface area (Å²) in [5, 5.41) is 8.24. The van der Waals surface area contributed by atoms with Crippen molar-refractivity contribution in [2.24, 2.45) is 0 Å². The summed E-state index contributed by atoms with van der Waals surface area (Å²) in [5.74, 6) is 1.75. The maximum Gasteiger partial charge on any atom is 0.263 e. The molecule has 1 N–H and O–H groups in total. The number of hydrogen-bond acceptors (Lipinski definition) is 7. The number of benzene rings is 2. The maximum absolute atomic E-state index is 12.6. The monoisotopic (exact) mass is 396 g/mol. The standard InChI is InChI=1S/C19H16N4O4S/c24-28(25,14-5-6-16-17(11-14)27-12-26-16)22-18-7-8-19(21-20-18)23-10-9-13-3-1-2-4-15(13)23/h1-8,11H,9-10,12H2,(H,20,22). The van der Waals surface area contributed by atoms with E-state index in [1.54, 1.807) is 18.2 Å². The third-order valence-corrected chi connectivity index (χ3v) is 6.06. The lowest BCUT2D eigenvalue weighted by atomic mass is 10.2. The summed E-state index contributed by atoms with van der Waals surface area (Å²) in [5.41, 5.74) is 2.36. The summed E-state index contributed by atoms with van der Waals surface area (Å²) in [7, 11) is -3.82. The second-order valence-electron chi connectivity index (χ2n) is 6.43. The molecule has 3 aromatic rings. The van der Waals surface area contributed by atoms with E-state index >= 15 is 0 Å². The fourth-order valence-electron chi connectivity index (χ4n) is 3.34. The topological polar surface area (TPSA) is 93.7 Å². The van der Waals surface area contributed by atoms with Gasteiger partial charge in [0.05, 0.1) is 4.90 Å². The van der Waals surface area contributed by atoms with Crippen LogP contribution in [0, 0.1) is 0 Å². The first-order chi connectivity index (χ1) is 13.6. The van der Waals surface area contributed by atoms with Gasteiger partial charge in [-0.1, -0.05) is 18.2 Å². The highest BCUT2D eigenvalue weighted by atomic mass is 32.2. The van der Waals surface area contributed by atoms with Gasteiger partial charge >= 0.3 is 0 Å². The van der Waals surface area contributed by atoms with Gasteiger partial charge in [-0.05, 0) is 42.3 Å². The molecule has 28 heavy (non-hydrogen) atoms. The molecule has 8 nitrogen and oxygen atoms in total. The number of hydrogen-bond donors (Lipinski definition) is 1. The molecule has 2 aliphatic heterocycles. The van der Waals surface area contributed by atoms with Gasteiger partial charge in [0.25, 0.3) is 10.0 Å². The Balaban J connectivity index is 1.37. The van der Waals surface area contributed by atoms with E-state index in [-0.39, 0.29) is 17.5 Å². The lowest BCUT2D eigenvalue weighted by molar-refractivity contribution is 0.174. The average molecular weight is 396 g/mol. The van der Waals surface area contributed by atoms with Crippen molar-refractivity contribution in [1.29, 1.82) is 0 Å². The van der Waals surface area contributed by atoms with Crippen LogP contribution in [0.2, 0.25) is 0 Å². The summed E-state index contributed by atoms with van der Waals surface area (Å²) in [6, 6.07) is 15.9. The van der Waals surface area contributed by atoms with Crippen molar-refractivity contribution in [3.63, 3.8) is 0 Å². The Hall–Kier alpha value is -3.33. The molecule has 0 saturated carbocycles. The van der Waals surface area contributed by atoms with Gasteiger partial charge in [0, 0.05) is 18.3 Å². The van der Waals surface area contributed by atoms with Crippen LogP contribution in [-0.4, -0.2) is 32.0 Å². The van der Waals surface area contributed by atoms with Gasteiger partial charge in [-0.25, -0.2) is 8.42 Å². The Morgan fingerprint density at radius 1 is 0.964 bits per heavy atom. The molecule has 0 spiro atoms. The first-order valence-electron chi connectivity index (χ1n) is 8.72. The number of anilines is 3. The molecule has 0 unspecified atom stereocenters. The molecular weight excluding hydrogens is 380 g/mol. The Morgan fingerprint density at radius 2 is 1.82 bits per heavy atom. The molecule has 0 radical (unpaired) electrons. The molecular formula is C19H16N4O4S. The highest BCUT2D eigenvalue weighted by molar-refractivity contribution is 7.92. The minimum Gasteiger partial charge on any atom is -0.454 e. The molecule has 0 bridgehead atoms. The molecule has 5 rings (SSSR count). The van der Waals surface area contributed by atoms with Gasteiger partial charge in [0.15, 0.2) is 23.1 Å². The summed E-state index contributed by atoms with van der Waals surface area (Å²) >= 11 is 0. The van der Waals surface area contributed by atoms with Gasteiger partial charge in [0.1, 0.15) is 0 Å². The van der Waals surface area contributed by atoms with Gasteiger partial charge in [0.2, 0.25) is 6.79 Å². The van der Waals surface area contributed by atoms with Crippen molar-refractivity contribution >= 4 is 27.3 Å². The highest BCUT2D eigenvalue weighted by Gasteiger charge is 2.23. The molecule has 1 aromatic heterocycles. The normalized spacial score (nSPS) is 14.8. The van der Waals surface area contributed by atoms with Crippen LogP contribution in [0.5, 0.6) is 11.5 Å². The van der Waals surface area contributed by atoms with Gasteiger partial charge < -0.3 is 14.4 Å². The van der Waals surface area contributed by atoms with E-state index in [1.165, 1.54) is 17.7 Å². The smallest absolute Gasteiger partial charge is 0.263 e. The Morgan fingerprint density at radius 3 is 2.68 bits per heavy atom. The van der Waals surface area contributed by atoms with Gasteiger partial charge in [-0.2, -0.15) is 0 Å². The summed E-state index contributed by atoms with van der Waals surface area (Å²) in [6.07, 6.45) is 0.941. The first-order valence-corrected chi connectivity index (χ1v) is 10.2. The molecule has 2 aromatic carbocycles. The Kier molecular flexibility index (Phi) is 3.83. The zero-order valence-electron chi connectivity index (χ0n) is 14.7. The molecule has 0 aliphatic carbocycles. The number of nitrogens with one attached hydrogen (secondary N) is 1. The van der Waals surface area contributed by atoms with Crippen LogP contribution in [0.4, 0.5) is 17.3 Å². The molecule has 0 saturated heterocycles. The molecule has 2 aliphatic rings. The summed E-state index contributed by atoms with van der Waals surface area (Å²) in [6.45, 7) is 0.898. The van der Waals surface area contributed by atoms with Crippen molar-refractivity contribution in [1.82, 2.24) is 10.2 Å². The number of ether oxygens (including phenoxy) is 2. The quantitative estimate of drug-likeness (QED) is 0.725. The second kappa shape index (κ2) is 6.38. The molecule has 0 fully saturated rings. The Bertz CT molecular complexity index is 1150. The van der Waals surface area contributed by atoms with Crippen molar-refractivity contribution in [3.05, 3.63) is 60.2 Å². The third-order valence-electron chi connectivity index (χ3n) is 4.71. The minimum atomic E-state index is -3.82. The van der Waals surface area contributed by atoms with Crippen LogP contribution in [0.15, 0.2) is 59.5 Å². The fraction of sp³-hybridized carbons (Fsp3) is 0.158. The largest absolute Gasteiger partial charge is 0.454 e. The zero-order valence-corrected chi connectivity index (χ0v) is 15.5. The summed E-state index contributed by atoms with van der Waals surface area (Å²) in [4.78, 5) is 2.13. The van der Waals surface area contributed by atoms with E-state index in [2.05, 4.69) is 25.9 Å². The number of aromatic nitrogens is 2. The second-order valence-corrected chi connectivity index (χ2v) is 8.11. The molecule has 0 atom stereocenters. The fourth-order valence-corrected chi connectivity index (χ4v) is 4.35. The molecule has 142 valence electrons. The van der Waals surface area contributed by atoms with E-state index in [9.17, 15) is 8.42 Å². The average Bonchev–Trinajstić information content (AvgIpc) is 3.34. The van der Waals surface area contributed by atoms with Crippen molar-refractivity contribution < 1.29 is 17.9 Å². The van der Waals surface area contributed by atoms with E-state index < -0.39 is 10.0 Å². The maximum atomic E-state index is 12.6. The zero-order chi connectivity index (χ0) is 19.1. The lowest BCUT2D eigenvalue weighted by Gasteiger charge is -2.17. The lowest BCUT2D eigenvalue weighted by Crippen LogP contribution is -2.17. The van der Waals surface area contributed by atoms with Gasteiger partial charge in [-0.15, -0.1) is 10.2 Å². The van der Waals surface area contributed by atoms with Crippen LogP contribution in [-0.2, 0) is 16.4 Å². The van der Waals surface area contributed by atoms with Crippen LogP contribution in [0.3, 0.4) is 0 Å². The number of para-hydroxylation sites is 1. The predicted molar refractivity (Wildman–Crippen MR) is 103 cm³/mol. The van der Waals surface area contributed by atoms with Gasteiger partial charge in [-0.3, -0.25) is 4.72 Å². The van der Waals surface area contributed by atoms with Crippen molar-refractivity contribution in [2.75, 3.05) is 23.0 Å². The van der Waals surface area contributed by atoms with Crippen molar-refractivity contribution in [3.8, 4) is 11.5 Å². The number of nitrogens with zero attached hydrogens (tertiary/aromatic N) is 3. The van der Waals surface area contributed by atoms with E-state index in [0.29, 0.717) is 17.3 Å².